The Bertz CT molecular complexity index is 405. The van der Waals surface area contributed by atoms with Gasteiger partial charge in [-0.05, 0) is 23.9 Å². The van der Waals surface area contributed by atoms with Crippen LogP contribution in [-0.2, 0) is 6.61 Å². The first-order valence-corrected chi connectivity index (χ1v) is 5.61. The second-order valence-electron chi connectivity index (χ2n) is 2.72. The Morgan fingerprint density at radius 1 is 1.54 bits per heavy atom. The van der Waals surface area contributed by atoms with Crippen LogP contribution in [0.2, 0.25) is 0 Å². The van der Waals surface area contributed by atoms with Crippen molar-refractivity contribution >= 4 is 22.7 Å². The van der Waals surface area contributed by atoms with Crippen LogP contribution < -0.4 is 0 Å². The lowest BCUT2D eigenvalue weighted by Crippen LogP contribution is -1.70. The summed E-state index contributed by atoms with van der Waals surface area (Å²) >= 11 is 3.25. The molecular weight excluding hydrogens is 202 g/mol. The first kappa shape index (κ1) is 8.87. The average Bonchev–Trinajstić information content (AvgIpc) is 2.71. The van der Waals surface area contributed by atoms with E-state index in [1.807, 2.05) is 0 Å². The second-order valence-corrected chi connectivity index (χ2v) is 4.75. The molecular formula is C9H9NOS2. The van der Waals surface area contributed by atoms with Gasteiger partial charge in [-0.1, -0.05) is 0 Å². The Labute approximate surface area is 84.5 Å². The van der Waals surface area contributed by atoms with Gasteiger partial charge in [0.05, 0.1) is 16.4 Å². The minimum absolute atomic E-state index is 0.0854. The van der Waals surface area contributed by atoms with E-state index in [1.54, 1.807) is 28.9 Å². The van der Waals surface area contributed by atoms with Gasteiger partial charge in [0.1, 0.15) is 5.01 Å². The lowest BCUT2D eigenvalue weighted by Gasteiger charge is -1.91. The minimum Gasteiger partial charge on any atom is -0.391 e. The highest BCUT2D eigenvalue weighted by Gasteiger charge is 2.07. The third-order valence-electron chi connectivity index (χ3n) is 1.77. The monoisotopic (exact) mass is 211 g/mol. The van der Waals surface area contributed by atoms with Crippen LogP contribution in [0.15, 0.2) is 17.6 Å². The quantitative estimate of drug-likeness (QED) is 0.828. The predicted molar refractivity (Wildman–Crippen MR) is 56.1 cm³/mol. The summed E-state index contributed by atoms with van der Waals surface area (Å²) < 4.78 is 0. The number of aliphatic hydroxyl groups excluding tert-OH is 1. The van der Waals surface area contributed by atoms with Gasteiger partial charge >= 0.3 is 0 Å². The van der Waals surface area contributed by atoms with Crippen LogP contribution in [0.1, 0.15) is 10.4 Å². The van der Waals surface area contributed by atoms with Crippen LogP contribution in [0.5, 0.6) is 0 Å². The maximum absolute atomic E-state index is 8.89. The molecule has 13 heavy (non-hydrogen) atoms. The van der Waals surface area contributed by atoms with Crippen LogP contribution in [0.25, 0.3) is 9.88 Å². The lowest BCUT2D eigenvalue weighted by atomic mass is 10.3. The zero-order valence-electron chi connectivity index (χ0n) is 7.15. The molecule has 0 radical (unpaired) electrons. The number of hydrogen-bond acceptors (Lipinski definition) is 4. The summed E-state index contributed by atoms with van der Waals surface area (Å²) in [5, 5.41) is 12.0. The zero-order chi connectivity index (χ0) is 9.26. The maximum atomic E-state index is 8.89. The van der Waals surface area contributed by atoms with Gasteiger partial charge in [0.25, 0.3) is 0 Å². The topological polar surface area (TPSA) is 33.1 Å². The molecule has 2 heterocycles. The number of hydrogen-bond donors (Lipinski definition) is 1. The number of rotatable bonds is 2. The molecule has 0 aliphatic rings. The molecule has 4 heteroatoms. The number of thiophene rings is 1. The molecule has 0 bridgehead atoms. The molecule has 0 spiro atoms. The molecule has 0 aromatic carbocycles. The fourth-order valence-electron chi connectivity index (χ4n) is 1.08. The fourth-order valence-corrected chi connectivity index (χ4v) is 2.94. The molecule has 2 aromatic rings. The van der Waals surface area contributed by atoms with E-state index in [4.69, 9.17) is 5.11 Å². The van der Waals surface area contributed by atoms with Crippen molar-refractivity contribution in [3.63, 3.8) is 0 Å². The maximum Gasteiger partial charge on any atom is 0.133 e. The molecule has 0 amide bonds. The molecule has 0 saturated heterocycles. The summed E-state index contributed by atoms with van der Waals surface area (Å²) in [6.45, 7) is 2.16. The molecule has 0 saturated carbocycles. The molecule has 0 aliphatic carbocycles. The van der Waals surface area contributed by atoms with Gasteiger partial charge in [-0.3, -0.25) is 0 Å². The van der Waals surface area contributed by atoms with Crippen LogP contribution in [-0.4, -0.2) is 10.1 Å². The third-order valence-corrected chi connectivity index (χ3v) is 3.92. The van der Waals surface area contributed by atoms with E-state index in [-0.39, 0.29) is 6.61 Å². The van der Waals surface area contributed by atoms with Crippen molar-refractivity contribution in [2.45, 2.75) is 13.5 Å². The summed E-state index contributed by atoms with van der Waals surface area (Å²) in [7, 11) is 0. The number of aromatic nitrogens is 1. The molecule has 1 N–H and O–H groups in total. The van der Waals surface area contributed by atoms with E-state index in [2.05, 4.69) is 23.4 Å². The van der Waals surface area contributed by atoms with E-state index in [0.29, 0.717) is 0 Å². The number of aliphatic hydroxyl groups is 1. The van der Waals surface area contributed by atoms with Gasteiger partial charge in [-0.15, -0.1) is 22.7 Å². The molecule has 2 aromatic heterocycles. The lowest BCUT2D eigenvalue weighted by molar-refractivity contribution is 0.285. The van der Waals surface area contributed by atoms with E-state index in [0.717, 1.165) is 9.88 Å². The van der Waals surface area contributed by atoms with Crippen molar-refractivity contribution < 1.29 is 5.11 Å². The van der Waals surface area contributed by atoms with Gasteiger partial charge in [0.2, 0.25) is 0 Å². The van der Waals surface area contributed by atoms with Crippen LogP contribution >= 0.6 is 22.7 Å². The highest BCUT2D eigenvalue weighted by Crippen LogP contribution is 2.32. The van der Waals surface area contributed by atoms with Crippen LogP contribution in [0, 0.1) is 6.92 Å². The van der Waals surface area contributed by atoms with Crippen molar-refractivity contribution in [2.75, 3.05) is 0 Å². The van der Waals surface area contributed by atoms with Gasteiger partial charge in [0, 0.05) is 6.20 Å². The molecule has 0 unspecified atom stereocenters. The van der Waals surface area contributed by atoms with E-state index in [9.17, 15) is 0 Å². The van der Waals surface area contributed by atoms with Crippen molar-refractivity contribution in [1.82, 2.24) is 4.98 Å². The summed E-state index contributed by atoms with van der Waals surface area (Å²) in [6, 6.07) is 2.08. The predicted octanol–water partition coefficient (Wildman–Crippen LogP) is 2.67. The van der Waals surface area contributed by atoms with Crippen molar-refractivity contribution in [3.05, 3.63) is 28.1 Å². The van der Waals surface area contributed by atoms with E-state index >= 15 is 0 Å². The smallest absolute Gasteiger partial charge is 0.133 e. The van der Waals surface area contributed by atoms with Crippen molar-refractivity contribution in [1.29, 1.82) is 0 Å². The van der Waals surface area contributed by atoms with Crippen molar-refractivity contribution in [3.8, 4) is 9.88 Å². The first-order chi connectivity index (χ1) is 6.31. The van der Waals surface area contributed by atoms with Gasteiger partial charge in [-0.2, -0.15) is 0 Å². The van der Waals surface area contributed by atoms with Crippen LogP contribution in [0.3, 0.4) is 0 Å². The third kappa shape index (κ3) is 1.65. The number of nitrogens with zero attached hydrogens (tertiary/aromatic N) is 1. The molecule has 0 atom stereocenters. The largest absolute Gasteiger partial charge is 0.391 e. The SMILES string of the molecule is Cc1ccsc1-c1ncc(CO)s1. The molecule has 2 rings (SSSR count). The zero-order valence-corrected chi connectivity index (χ0v) is 8.78. The number of aryl methyl sites for hydroxylation is 1. The standard InChI is InChI=1S/C9H9NOS2/c1-6-2-3-12-8(6)9-10-4-7(5-11)13-9/h2-4,11H,5H2,1H3. The summed E-state index contributed by atoms with van der Waals surface area (Å²) in [4.78, 5) is 6.39. The summed E-state index contributed by atoms with van der Waals surface area (Å²) in [5.74, 6) is 0. The number of thiazole rings is 1. The fraction of sp³-hybridized carbons (Fsp3) is 0.222. The van der Waals surface area contributed by atoms with Crippen molar-refractivity contribution in [2.24, 2.45) is 0 Å². The molecule has 0 fully saturated rings. The van der Waals surface area contributed by atoms with Gasteiger partial charge in [0.15, 0.2) is 0 Å². The summed E-state index contributed by atoms with van der Waals surface area (Å²) in [5.41, 5.74) is 1.25. The molecule has 68 valence electrons. The van der Waals surface area contributed by atoms with E-state index in [1.165, 1.54) is 10.4 Å². The Morgan fingerprint density at radius 2 is 2.38 bits per heavy atom. The Balaban J connectivity index is 2.41. The highest BCUT2D eigenvalue weighted by molar-refractivity contribution is 7.21. The Hall–Kier alpha value is -0.710. The van der Waals surface area contributed by atoms with Gasteiger partial charge in [-0.25, -0.2) is 4.98 Å². The Morgan fingerprint density at radius 3 is 2.92 bits per heavy atom. The first-order valence-electron chi connectivity index (χ1n) is 3.91. The van der Waals surface area contributed by atoms with Gasteiger partial charge < -0.3 is 5.11 Å². The molecule has 0 aliphatic heterocycles. The average molecular weight is 211 g/mol. The molecule has 2 nitrogen and oxygen atoms in total. The minimum atomic E-state index is 0.0854. The normalized spacial score (nSPS) is 10.6. The van der Waals surface area contributed by atoms with E-state index < -0.39 is 0 Å². The summed E-state index contributed by atoms with van der Waals surface area (Å²) in [6.07, 6.45) is 1.74. The van der Waals surface area contributed by atoms with Crippen LogP contribution in [0.4, 0.5) is 0 Å². The Kier molecular flexibility index (Phi) is 2.44. The second kappa shape index (κ2) is 3.57. The highest BCUT2D eigenvalue weighted by atomic mass is 32.1.